The first-order valence-electron chi connectivity index (χ1n) is 5.00. The van der Waals surface area contributed by atoms with Gasteiger partial charge in [-0.15, -0.1) is 0 Å². The van der Waals surface area contributed by atoms with Crippen LogP contribution in [0.5, 0.6) is 0 Å². The lowest BCUT2D eigenvalue weighted by Crippen LogP contribution is -2.21. The summed E-state index contributed by atoms with van der Waals surface area (Å²) >= 11 is 5.87. The first-order chi connectivity index (χ1) is 7.04. The van der Waals surface area contributed by atoms with Gasteiger partial charge in [0.1, 0.15) is 6.10 Å². The molecule has 1 unspecified atom stereocenters. The summed E-state index contributed by atoms with van der Waals surface area (Å²) in [6, 6.07) is 5.47. The number of hydrogen-bond acceptors (Lipinski definition) is 2. The number of halogens is 1. The second-order valence-corrected chi connectivity index (χ2v) is 4.06. The minimum atomic E-state index is -0.846. The fourth-order valence-electron chi connectivity index (χ4n) is 1.36. The van der Waals surface area contributed by atoms with Crippen LogP contribution in [0, 0.1) is 6.92 Å². The van der Waals surface area contributed by atoms with Crippen LogP contribution in [-0.2, 0) is 11.2 Å². The van der Waals surface area contributed by atoms with Gasteiger partial charge in [0.2, 0.25) is 0 Å². The van der Waals surface area contributed by atoms with Gasteiger partial charge in [-0.1, -0.05) is 30.7 Å². The predicted octanol–water partition coefficient (Wildman–Crippen LogP) is 2.53. The number of aliphatic hydroxyl groups excluding tert-OH is 1. The molecule has 0 heterocycles. The summed E-state index contributed by atoms with van der Waals surface area (Å²) in [5.74, 6) is -0.140. The summed E-state index contributed by atoms with van der Waals surface area (Å²) < 4.78 is 0. The molecular weight excluding hydrogens is 212 g/mol. The Labute approximate surface area is 94.9 Å². The van der Waals surface area contributed by atoms with E-state index in [9.17, 15) is 9.90 Å². The van der Waals surface area contributed by atoms with E-state index in [-0.39, 0.29) is 12.2 Å². The largest absolute Gasteiger partial charge is 0.385 e. The summed E-state index contributed by atoms with van der Waals surface area (Å²) in [7, 11) is 0. The smallest absolute Gasteiger partial charge is 0.165 e. The lowest BCUT2D eigenvalue weighted by molar-refractivity contribution is -0.126. The highest BCUT2D eigenvalue weighted by Crippen LogP contribution is 2.17. The van der Waals surface area contributed by atoms with Crippen LogP contribution in [0.3, 0.4) is 0 Å². The van der Waals surface area contributed by atoms with Crippen molar-refractivity contribution in [3.63, 3.8) is 0 Å². The van der Waals surface area contributed by atoms with E-state index >= 15 is 0 Å². The maximum atomic E-state index is 11.5. The fourth-order valence-corrected chi connectivity index (χ4v) is 1.48. The molecule has 0 aliphatic rings. The van der Waals surface area contributed by atoms with Gasteiger partial charge in [-0.2, -0.15) is 0 Å². The van der Waals surface area contributed by atoms with Crippen molar-refractivity contribution in [1.82, 2.24) is 0 Å². The number of carbonyl (C=O) groups is 1. The molecule has 2 nitrogen and oxygen atoms in total. The summed E-state index contributed by atoms with van der Waals surface area (Å²) in [5, 5.41) is 10.0. The molecule has 0 saturated carbocycles. The Hall–Kier alpha value is -0.860. The van der Waals surface area contributed by atoms with Gasteiger partial charge in [-0.05, 0) is 30.5 Å². The third-order valence-electron chi connectivity index (χ3n) is 2.36. The third kappa shape index (κ3) is 3.33. The number of Topliss-reactive ketones (excluding diaryl/α,β-unsaturated/α-hetero) is 1. The fraction of sp³-hybridized carbons (Fsp3) is 0.417. The first-order valence-corrected chi connectivity index (χ1v) is 5.38. The van der Waals surface area contributed by atoms with E-state index in [4.69, 9.17) is 11.6 Å². The first kappa shape index (κ1) is 12.2. The van der Waals surface area contributed by atoms with Gasteiger partial charge in [-0.25, -0.2) is 0 Å². The molecule has 0 spiro atoms. The molecule has 82 valence electrons. The van der Waals surface area contributed by atoms with Crippen LogP contribution in [0.1, 0.15) is 24.5 Å². The molecular formula is C12H15ClO2. The highest BCUT2D eigenvalue weighted by molar-refractivity contribution is 6.31. The molecule has 0 saturated heterocycles. The van der Waals surface area contributed by atoms with E-state index in [1.54, 1.807) is 13.0 Å². The van der Waals surface area contributed by atoms with Crippen molar-refractivity contribution in [3.05, 3.63) is 34.3 Å². The highest BCUT2D eigenvalue weighted by atomic mass is 35.5. The minimum Gasteiger partial charge on any atom is -0.385 e. The van der Waals surface area contributed by atoms with Crippen LogP contribution in [0.2, 0.25) is 5.02 Å². The van der Waals surface area contributed by atoms with Crippen LogP contribution in [0.15, 0.2) is 18.2 Å². The SMILES string of the molecule is CCC(O)C(=O)Cc1ccc(Cl)c(C)c1. The van der Waals surface area contributed by atoms with Crippen LogP contribution < -0.4 is 0 Å². The number of aliphatic hydroxyl groups is 1. The Morgan fingerprint density at radius 1 is 1.53 bits per heavy atom. The predicted molar refractivity (Wildman–Crippen MR) is 61.2 cm³/mol. The van der Waals surface area contributed by atoms with Crippen molar-refractivity contribution < 1.29 is 9.90 Å². The average molecular weight is 227 g/mol. The Bertz CT molecular complexity index is 361. The standard InChI is InChI=1S/C12H15ClO2/c1-3-11(14)12(15)7-9-4-5-10(13)8(2)6-9/h4-6,11,14H,3,7H2,1-2H3. The van der Waals surface area contributed by atoms with Crippen LogP contribution in [0.25, 0.3) is 0 Å². The van der Waals surface area contributed by atoms with E-state index < -0.39 is 6.10 Å². The van der Waals surface area contributed by atoms with Gasteiger partial charge in [0.25, 0.3) is 0 Å². The maximum absolute atomic E-state index is 11.5. The number of benzene rings is 1. The number of hydrogen-bond donors (Lipinski definition) is 1. The molecule has 0 aromatic heterocycles. The maximum Gasteiger partial charge on any atom is 0.165 e. The average Bonchev–Trinajstić information content (AvgIpc) is 2.22. The summed E-state index contributed by atoms with van der Waals surface area (Å²) in [5.41, 5.74) is 1.85. The van der Waals surface area contributed by atoms with E-state index in [0.29, 0.717) is 11.4 Å². The molecule has 15 heavy (non-hydrogen) atoms. The zero-order valence-electron chi connectivity index (χ0n) is 8.96. The second-order valence-electron chi connectivity index (χ2n) is 3.65. The zero-order valence-corrected chi connectivity index (χ0v) is 9.71. The second kappa shape index (κ2) is 5.29. The van der Waals surface area contributed by atoms with Crippen molar-refractivity contribution in [2.24, 2.45) is 0 Å². The number of rotatable bonds is 4. The summed E-state index contributed by atoms with van der Waals surface area (Å²) in [4.78, 5) is 11.5. The summed E-state index contributed by atoms with van der Waals surface area (Å²) in [6.45, 7) is 3.68. The molecule has 0 amide bonds. The van der Waals surface area contributed by atoms with Gasteiger partial charge < -0.3 is 5.11 Å². The summed E-state index contributed by atoms with van der Waals surface area (Å²) in [6.07, 6.45) is -0.112. The minimum absolute atomic E-state index is 0.140. The molecule has 1 aromatic rings. The van der Waals surface area contributed by atoms with E-state index in [2.05, 4.69) is 0 Å². The molecule has 0 bridgehead atoms. The molecule has 0 fully saturated rings. The Morgan fingerprint density at radius 3 is 2.73 bits per heavy atom. The quantitative estimate of drug-likeness (QED) is 0.857. The molecule has 1 N–H and O–H groups in total. The Balaban J connectivity index is 2.73. The molecule has 0 radical (unpaired) electrons. The molecule has 0 aliphatic carbocycles. The lowest BCUT2D eigenvalue weighted by Gasteiger charge is -2.07. The van der Waals surface area contributed by atoms with Gasteiger partial charge in [0, 0.05) is 11.4 Å². The van der Waals surface area contributed by atoms with Crippen molar-refractivity contribution in [2.45, 2.75) is 32.8 Å². The van der Waals surface area contributed by atoms with Crippen molar-refractivity contribution >= 4 is 17.4 Å². The van der Waals surface area contributed by atoms with Gasteiger partial charge >= 0.3 is 0 Å². The number of aryl methyl sites for hydroxylation is 1. The van der Waals surface area contributed by atoms with Crippen LogP contribution in [0.4, 0.5) is 0 Å². The molecule has 1 rings (SSSR count). The normalized spacial score (nSPS) is 12.5. The van der Waals surface area contributed by atoms with Crippen LogP contribution >= 0.6 is 11.6 Å². The molecule has 3 heteroatoms. The van der Waals surface area contributed by atoms with E-state index in [1.165, 1.54) is 0 Å². The van der Waals surface area contributed by atoms with Crippen molar-refractivity contribution in [3.8, 4) is 0 Å². The van der Waals surface area contributed by atoms with E-state index in [0.717, 1.165) is 11.1 Å². The molecule has 1 atom stereocenters. The monoisotopic (exact) mass is 226 g/mol. The van der Waals surface area contributed by atoms with E-state index in [1.807, 2.05) is 19.1 Å². The van der Waals surface area contributed by atoms with Gasteiger partial charge in [0.15, 0.2) is 5.78 Å². The Kier molecular flexibility index (Phi) is 4.30. The Morgan fingerprint density at radius 2 is 2.20 bits per heavy atom. The number of carbonyl (C=O) groups excluding carboxylic acids is 1. The lowest BCUT2D eigenvalue weighted by atomic mass is 10.0. The molecule has 0 aliphatic heterocycles. The number of ketones is 1. The van der Waals surface area contributed by atoms with Crippen molar-refractivity contribution in [1.29, 1.82) is 0 Å². The highest BCUT2D eigenvalue weighted by Gasteiger charge is 2.13. The molecule has 1 aromatic carbocycles. The van der Waals surface area contributed by atoms with Gasteiger partial charge in [0.05, 0.1) is 0 Å². The topological polar surface area (TPSA) is 37.3 Å². The van der Waals surface area contributed by atoms with Gasteiger partial charge in [-0.3, -0.25) is 4.79 Å². The van der Waals surface area contributed by atoms with Crippen LogP contribution in [-0.4, -0.2) is 17.0 Å². The van der Waals surface area contributed by atoms with Crippen molar-refractivity contribution in [2.75, 3.05) is 0 Å². The third-order valence-corrected chi connectivity index (χ3v) is 2.78. The zero-order chi connectivity index (χ0) is 11.4.